The summed E-state index contributed by atoms with van der Waals surface area (Å²) < 4.78 is 0. The van der Waals surface area contributed by atoms with Crippen molar-refractivity contribution in [1.29, 1.82) is 0 Å². The second-order valence-corrected chi connectivity index (χ2v) is 7.02. The van der Waals surface area contributed by atoms with Gasteiger partial charge in [-0.05, 0) is 60.3 Å². The van der Waals surface area contributed by atoms with Gasteiger partial charge in [0.15, 0.2) is 0 Å². The highest BCUT2D eigenvalue weighted by atomic mass is 16.1. The first-order valence-electron chi connectivity index (χ1n) is 7.45. The zero-order valence-electron chi connectivity index (χ0n) is 13.0. The number of carbonyl (C=O) groups excluding carboxylic acids is 2. The van der Waals surface area contributed by atoms with E-state index in [1.807, 2.05) is 0 Å². The molecule has 114 valence electrons. The quantitative estimate of drug-likeness (QED) is 0.875. The molecule has 0 radical (unpaired) electrons. The number of fused-ring (bicyclic) bond motifs is 1. The Morgan fingerprint density at radius 2 is 1.62 bits per heavy atom. The van der Waals surface area contributed by atoms with Gasteiger partial charge >= 0.3 is 0 Å². The van der Waals surface area contributed by atoms with Gasteiger partial charge in [0.2, 0.25) is 11.8 Å². The molecule has 4 nitrogen and oxygen atoms in total. The molecule has 4 heteroatoms. The van der Waals surface area contributed by atoms with Gasteiger partial charge in [0, 0.05) is 11.1 Å². The summed E-state index contributed by atoms with van der Waals surface area (Å²) in [5, 5.41) is 0. The van der Waals surface area contributed by atoms with Crippen molar-refractivity contribution in [3.8, 4) is 0 Å². The number of amides is 2. The molecule has 0 heterocycles. The molecular formula is C17H24N2O2. The zero-order chi connectivity index (χ0) is 15.8. The molecule has 0 aliphatic heterocycles. The van der Waals surface area contributed by atoms with E-state index < -0.39 is 11.8 Å². The molecule has 2 amide bonds. The Hall–Kier alpha value is -1.84. The largest absolute Gasteiger partial charge is 0.366 e. The fourth-order valence-corrected chi connectivity index (χ4v) is 3.60. The van der Waals surface area contributed by atoms with E-state index in [4.69, 9.17) is 11.5 Å². The third-order valence-electron chi connectivity index (χ3n) is 4.47. The first kappa shape index (κ1) is 15.5. The third kappa shape index (κ3) is 3.26. The van der Waals surface area contributed by atoms with Gasteiger partial charge in [-0.1, -0.05) is 20.8 Å². The molecule has 1 aromatic rings. The van der Waals surface area contributed by atoms with Crippen LogP contribution in [0.15, 0.2) is 12.1 Å². The molecule has 2 rings (SSSR count). The average molecular weight is 288 g/mol. The van der Waals surface area contributed by atoms with Crippen molar-refractivity contribution in [1.82, 2.24) is 0 Å². The van der Waals surface area contributed by atoms with Gasteiger partial charge in [-0.3, -0.25) is 9.59 Å². The van der Waals surface area contributed by atoms with Crippen LogP contribution in [0, 0.1) is 11.3 Å². The maximum Gasteiger partial charge on any atom is 0.248 e. The van der Waals surface area contributed by atoms with E-state index in [0.29, 0.717) is 17.0 Å². The van der Waals surface area contributed by atoms with Gasteiger partial charge < -0.3 is 11.5 Å². The van der Waals surface area contributed by atoms with Crippen LogP contribution >= 0.6 is 0 Å². The second-order valence-electron chi connectivity index (χ2n) is 7.02. The van der Waals surface area contributed by atoms with Crippen LogP contribution in [0.25, 0.3) is 0 Å². The Labute approximate surface area is 125 Å². The van der Waals surface area contributed by atoms with E-state index in [1.165, 1.54) is 0 Å². The number of hydrogen-bond acceptors (Lipinski definition) is 2. The van der Waals surface area contributed by atoms with E-state index in [9.17, 15) is 9.59 Å². The molecule has 0 saturated carbocycles. The number of rotatable bonds is 2. The van der Waals surface area contributed by atoms with Crippen molar-refractivity contribution in [3.05, 3.63) is 34.4 Å². The third-order valence-corrected chi connectivity index (χ3v) is 4.47. The summed E-state index contributed by atoms with van der Waals surface area (Å²) in [6, 6.07) is 3.28. The number of carbonyl (C=O) groups is 2. The summed E-state index contributed by atoms with van der Waals surface area (Å²) in [5.41, 5.74) is 14.1. The monoisotopic (exact) mass is 288 g/mol. The molecule has 1 aromatic carbocycles. The Kier molecular flexibility index (Phi) is 4.08. The first-order chi connectivity index (χ1) is 9.71. The van der Waals surface area contributed by atoms with Gasteiger partial charge in [-0.2, -0.15) is 0 Å². The number of nitrogens with two attached hydrogens (primary N) is 2. The molecule has 1 atom stereocenters. The molecule has 0 spiro atoms. The minimum absolute atomic E-state index is 0.217. The van der Waals surface area contributed by atoms with Crippen LogP contribution in [0.1, 0.15) is 65.5 Å². The average Bonchev–Trinajstić information content (AvgIpc) is 2.33. The lowest BCUT2D eigenvalue weighted by atomic mass is 9.72. The van der Waals surface area contributed by atoms with Crippen molar-refractivity contribution in [2.75, 3.05) is 0 Å². The van der Waals surface area contributed by atoms with E-state index >= 15 is 0 Å². The Morgan fingerprint density at radius 1 is 1.10 bits per heavy atom. The van der Waals surface area contributed by atoms with Gasteiger partial charge in [-0.25, -0.2) is 0 Å². The van der Waals surface area contributed by atoms with Crippen molar-refractivity contribution in [2.24, 2.45) is 22.8 Å². The predicted octanol–water partition coefficient (Wildman–Crippen LogP) is 2.43. The Bertz CT molecular complexity index is 591. The predicted molar refractivity (Wildman–Crippen MR) is 83.1 cm³/mol. The lowest BCUT2D eigenvalue weighted by Crippen LogP contribution is -2.26. The Morgan fingerprint density at radius 3 is 2.14 bits per heavy atom. The highest BCUT2D eigenvalue weighted by Gasteiger charge is 2.28. The summed E-state index contributed by atoms with van der Waals surface area (Å²) in [5.74, 6) is -0.442. The van der Waals surface area contributed by atoms with Crippen molar-refractivity contribution < 1.29 is 9.59 Å². The first-order valence-corrected chi connectivity index (χ1v) is 7.45. The molecule has 1 aliphatic rings. The maximum atomic E-state index is 11.7. The van der Waals surface area contributed by atoms with Gasteiger partial charge in [0.1, 0.15) is 0 Å². The molecular weight excluding hydrogens is 264 g/mol. The van der Waals surface area contributed by atoms with Gasteiger partial charge in [0.25, 0.3) is 0 Å². The molecule has 0 bridgehead atoms. The van der Waals surface area contributed by atoms with Crippen LogP contribution in [0.3, 0.4) is 0 Å². The molecule has 21 heavy (non-hydrogen) atoms. The van der Waals surface area contributed by atoms with E-state index in [1.54, 1.807) is 12.1 Å². The number of primary amides is 2. The summed E-state index contributed by atoms with van der Waals surface area (Å²) in [6.45, 7) is 6.67. The van der Waals surface area contributed by atoms with Crippen LogP contribution in [0.2, 0.25) is 0 Å². The zero-order valence-corrected chi connectivity index (χ0v) is 13.0. The minimum atomic E-state index is -0.437. The summed E-state index contributed by atoms with van der Waals surface area (Å²) in [7, 11) is 0. The molecule has 1 unspecified atom stereocenters. The lowest BCUT2D eigenvalue weighted by molar-refractivity contribution is 0.0985. The second kappa shape index (κ2) is 5.51. The number of hydrogen-bond donors (Lipinski definition) is 2. The van der Waals surface area contributed by atoms with Gasteiger partial charge in [0.05, 0.1) is 0 Å². The summed E-state index contributed by atoms with van der Waals surface area (Å²) in [4.78, 5) is 23.4. The Balaban J connectivity index is 2.61. The normalized spacial score (nSPS) is 21.0. The van der Waals surface area contributed by atoms with Crippen LogP contribution in [-0.2, 0) is 12.8 Å². The maximum absolute atomic E-state index is 11.7. The van der Waals surface area contributed by atoms with Crippen LogP contribution in [0.4, 0.5) is 0 Å². The molecule has 0 saturated heterocycles. The topological polar surface area (TPSA) is 86.2 Å². The van der Waals surface area contributed by atoms with Crippen LogP contribution < -0.4 is 11.5 Å². The SMILES string of the molecule is CC1Cc2c(C(N)=O)ccc(C(N)=O)c2CCC(C)(C)C1. The standard InChI is InChI=1S/C17H24N2O2/c1-10-8-14-11(6-7-17(2,3)9-10)12(15(18)20)4-5-13(14)16(19)21/h4-5,10H,6-9H2,1-3H3,(H2,18,20)(H2,19,21). The fraction of sp³-hybridized carbons (Fsp3) is 0.529. The highest BCUT2D eigenvalue weighted by Crippen LogP contribution is 2.37. The fourth-order valence-electron chi connectivity index (χ4n) is 3.60. The van der Waals surface area contributed by atoms with E-state index in [0.717, 1.165) is 36.8 Å². The van der Waals surface area contributed by atoms with Crippen molar-refractivity contribution >= 4 is 11.8 Å². The summed E-state index contributed by atoms with van der Waals surface area (Å²) >= 11 is 0. The minimum Gasteiger partial charge on any atom is -0.366 e. The highest BCUT2D eigenvalue weighted by molar-refractivity contribution is 5.99. The summed E-state index contributed by atoms with van der Waals surface area (Å²) in [6.07, 6.45) is 3.57. The number of benzene rings is 1. The van der Waals surface area contributed by atoms with E-state index in [-0.39, 0.29) is 5.41 Å². The molecule has 0 aromatic heterocycles. The molecule has 1 aliphatic carbocycles. The van der Waals surface area contributed by atoms with Crippen molar-refractivity contribution in [3.63, 3.8) is 0 Å². The van der Waals surface area contributed by atoms with Crippen LogP contribution in [0.5, 0.6) is 0 Å². The van der Waals surface area contributed by atoms with Gasteiger partial charge in [-0.15, -0.1) is 0 Å². The van der Waals surface area contributed by atoms with Crippen LogP contribution in [-0.4, -0.2) is 11.8 Å². The lowest BCUT2D eigenvalue weighted by Gasteiger charge is -2.32. The molecule has 4 N–H and O–H groups in total. The van der Waals surface area contributed by atoms with Crippen molar-refractivity contribution in [2.45, 2.75) is 46.5 Å². The molecule has 0 fully saturated rings. The smallest absolute Gasteiger partial charge is 0.248 e. The van der Waals surface area contributed by atoms with E-state index in [2.05, 4.69) is 20.8 Å².